The van der Waals surface area contributed by atoms with Crippen LogP contribution in [-0.2, 0) is 5.75 Å². The van der Waals surface area contributed by atoms with Crippen molar-refractivity contribution in [3.63, 3.8) is 0 Å². The van der Waals surface area contributed by atoms with E-state index in [9.17, 15) is 0 Å². The molecule has 0 radical (unpaired) electrons. The number of hydrogen-bond donors (Lipinski definition) is 0. The Kier molecular flexibility index (Phi) is 5.45. The Balaban J connectivity index is 1.38. The van der Waals surface area contributed by atoms with E-state index in [1.54, 1.807) is 11.3 Å². The zero-order chi connectivity index (χ0) is 18.5. The van der Waals surface area contributed by atoms with Gasteiger partial charge in [-0.15, -0.1) is 21.5 Å². The van der Waals surface area contributed by atoms with Crippen molar-refractivity contribution in [1.29, 1.82) is 0 Å². The molecule has 0 atom stereocenters. The SMILES string of the molecule is CCOc1ccc(-c2ccc(SCc3nc(-c4cccs4)no3)nn2)cc1. The second-order valence-electron chi connectivity index (χ2n) is 5.49. The molecule has 0 bridgehead atoms. The summed E-state index contributed by atoms with van der Waals surface area (Å²) in [5, 5.41) is 15.4. The predicted octanol–water partition coefficient (Wildman–Crippen LogP) is 4.95. The summed E-state index contributed by atoms with van der Waals surface area (Å²) in [6.45, 7) is 2.62. The van der Waals surface area contributed by atoms with E-state index >= 15 is 0 Å². The summed E-state index contributed by atoms with van der Waals surface area (Å²) in [6, 6.07) is 15.7. The Bertz CT molecular complexity index is 983. The molecule has 0 saturated heterocycles. The molecule has 0 aliphatic carbocycles. The van der Waals surface area contributed by atoms with Crippen molar-refractivity contribution in [3.05, 3.63) is 59.8 Å². The standard InChI is InChI=1S/C19H16N4O2S2/c1-2-24-14-7-5-13(6-8-14)15-9-10-18(22-21-15)27-12-17-20-19(23-25-17)16-4-3-11-26-16/h3-11H,2,12H2,1H3. The van der Waals surface area contributed by atoms with Crippen LogP contribution < -0.4 is 4.74 Å². The van der Waals surface area contributed by atoms with E-state index in [-0.39, 0.29) is 0 Å². The molecular weight excluding hydrogens is 380 g/mol. The molecule has 3 heterocycles. The maximum atomic E-state index is 5.46. The fourth-order valence-electron chi connectivity index (χ4n) is 2.39. The Hall–Kier alpha value is -2.71. The molecule has 0 N–H and O–H groups in total. The number of thiophene rings is 1. The smallest absolute Gasteiger partial charge is 0.237 e. The van der Waals surface area contributed by atoms with E-state index in [1.807, 2.05) is 60.8 Å². The maximum absolute atomic E-state index is 5.46. The van der Waals surface area contributed by atoms with Crippen molar-refractivity contribution in [2.45, 2.75) is 17.7 Å². The van der Waals surface area contributed by atoms with Crippen LogP contribution in [-0.4, -0.2) is 26.9 Å². The first kappa shape index (κ1) is 17.7. The molecule has 6 nitrogen and oxygen atoms in total. The van der Waals surface area contributed by atoms with Gasteiger partial charge in [0.05, 0.1) is 22.9 Å². The first-order chi connectivity index (χ1) is 13.3. The molecule has 0 aliphatic heterocycles. The number of thioether (sulfide) groups is 1. The third kappa shape index (κ3) is 4.35. The van der Waals surface area contributed by atoms with Crippen LogP contribution in [0.1, 0.15) is 12.8 Å². The van der Waals surface area contributed by atoms with Crippen molar-refractivity contribution >= 4 is 23.1 Å². The lowest BCUT2D eigenvalue weighted by atomic mass is 10.1. The summed E-state index contributed by atoms with van der Waals surface area (Å²) in [4.78, 5) is 5.40. The van der Waals surface area contributed by atoms with Crippen LogP contribution in [0, 0.1) is 0 Å². The van der Waals surface area contributed by atoms with Gasteiger partial charge >= 0.3 is 0 Å². The minimum Gasteiger partial charge on any atom is -0.494 e. The lowest BCUT2D eigenvalue weighted by Gasteiger charge is -2.04. The lowest BCUT2D eigenvalue weighted by Crippen LogP contribution is -1.92. The summed E-state index contributed by atoms with van der Waals surface area (Å²) >= 11 is 3.10. The fourth-order valence-corrected chi connectivity index (χ4v) is 3.70. The van der Waals surface area contributed by atoms with Crippen LogP contribution in [0.5, 0.6) is 5.75 Å². The van der Waals surface area contributed by atoms with Gasteiger partial charge in [-0.05, 0) is 54.8 Å². The van der Waals surface area contributed by atoms with Gasteiger partial charge in [-0.3, -0.25) is 0 Å². The lowest BCUT2D eigenvalue weighted by molar-refractivity contribution is 0.340. The van der Waals surface area contributed by atoms with Crippen LogP contribution in [0.2, 0.25) is 0 Å². The first-order valence-corrected chi connectivity index (χ1v) is 10.2. The summed E-state index contributed by atoms with van der Waals surface area (Å²) in [6.07, 6.45) is 0. The van der Waals surface area contributed by atoms with Gasteiger partial charge in [-0.2, -0.15) is 4.98 Å². The monoisotopic (exact) mass is 396 g/mol. The van der Waals surface area contributed by atoms with Gasteiger partial charge in [0.25, 0.3) is 0 Å². The van der Waals surface area contributed by atoms with E-state index in [0.29, 0.717) is 24.1 Å². The predicted molar refractivity (Wildman–Crippen MR) is 106 cm³/mol. The Morgan fingerprint density at radius 2 is 1.96 bits per heavy atom. The van der Waals surface area contributed by atoms with Gasteiger partial charge in [0.15, 0.2) is 0 Å². The van der Waals surface area contributed by atoms with Crippen molar-refractivity contribution in [3.8, 4) is 27.7 Å². The van der Waals surface area contributed by atoms with Crippen LogP contribution in [0.3, 0.4) is 0 Å². The molecule has 0 amide bonds. The first-order valence-electron chi connectivity index (χ1n) is 8.38. The highest BCUT2D eigenvalue weighted by Crippen LogP contribution is 2.26. The molecule has 0 fully saturated rings. The van der Waals surface area contributed by atoms with Crippen LogP contribution in [0.4, 0.5) is 0 Å². The van der Waals surface area contributed by atoms with E-state index in [2.05, 4.69) is 20.3 Å². The molecule has 27 heavy (non-hydrogen) atoms. The highest BCUT2D eigenvalue weighted by molar-refractivity contribution is 7.98. The van der Waals surface area contributed by atoms with Gasteiger partial charge in [-0.1, -0.05) is 23.0 Å². The minimum absolute atomic E-state index is 0.551. The molecule has 0 saturated carbocycles. The van der Waals surface area contributed by atoms with E-state index in [0.717, 1.165) is 26.9 Å². The Morgan fingerprint density at radius 3 is 2.67 bits per heavy atom. The van der Waals surface area contributed by atoms with E-state index < -0.39 is 0 Å². The average molecular weight is 396 g/mol. The number of hydrogen-bond acceptors (Lipinski definition) is 8. The third-order valence-electron chi connectivity index (χ3n) is 3.65. The zero-order valence-corrected chi connectivity index (χ0v) is 16.2. The fraction of sp³-hybridized carbons (Fsp3) is 0.158. The average Bonchev–Trinajstić information content (AvgIpc) is 3.39. The van der Waals surface area contributed by atoms with Crippen LogP contribution in [0.15, 0.2) is 63.5 Å². The van der Waals surface area contributed by atoms with Gasteiger partial charge in [0, 0.05) is 5.56 Å². The van der Waals surface area contributed by atoms with Gasteiger partial charge in [0.1, 0.15) is 10.8 Å². The molecule has 4 aromatic rings. The molecule has 4 rings (SSSR count). The van der Waals surface area contributed by atoms with Crippen molar-refractivity contribution in [2.75, 3.05) is 6.61 Å². The minimum atomic E-state index is 0.551. The highest BCUT2D eigenvalue weighted by atomic mass is 32.2. The van der Waals surface area contributed by atoms with Gasteiger partial charge in [-0.25, -0.2) is 0 Å². The summed E-state index contributed by atoms with van der Waals surface area (Å²) in [7, 11) is 0. The summed E-state index contributed by atoms with van der Waals surface area (Å²) in [5.41, 5.74) is 1.82. The van der Waals surface area contributed by atoms with Crippen molar-refractivity contribution in [2.24, 2.45) is 0 Å². The van der Waals surface area contributed by atoms with E-state index in [1.165, 1.54) is 11.8 Å². The normalized spacial score (nSPS) is 10.9. The number of rotatable bonds is 7. The number of benzene rings is 1. The van der Waals surface area contributed by atoms with E-state index in [4.69, 9.17) is 9.26 Å². The second-order valence-corrected chi connectivity index (χ2v) is 7.44. The number of ether oxygens (including phenoxy) is 1. The largest absolute Gasteiger partial charge is 0.494 e. The topological polar surface area (TPSA) is 73.9 Å². The number of nitrogens with zero attached hydrogens (tertiary/aromatic N) is 4. The Labute approximate surface area is 164 Å². The highest BCUT2D eigenvalue weighted by Gasteiger charge is 2.10. The molecule has 0 unspecified atom stereocenters. The zero-order valence-electron chi connectivity index (χ0n) is 14.5. The number of aromatic nitrogens is 4. The van der Waals surface area contributed by atoms with Gasteiger partial charge < -0.3 is 9.26 Å². The molecule has 8 heteroatoms. The van der Waals surface area contributed by atoms with Crippen LogP contribution in [0.25, 0.3) is 22.0 Å². The quantitative estimate of drug-likeness (QED) is 0.409. The van der Waals surface area contributed by atoms with Crippen molar-refractivity contribution < 1.29 is 9.26 Å². The molecule has 0 spiro atoms. The summed E-state index contributed by atoms with van der Waals surface area (Å²) in [5.74, 6) is 2.59. The molecule has 0 aliphatic rings. The molecule has 136 valence electrons. The molecular formula is C19H16N4O2S2. The second kappa shape index (κ2) is 8.32. The van der Waals surface area contributed by atoms with Gasteiger partial charge in [0.2, 0.25) is 11.7 Å². The molecule has 3 aromatic heterocycles. The maximum Gasteiger partial charge on any atom is 0.237 e. The Morgan fingerprint density at radius 1 is 1.07 bits per heavy atom. The third-order valence-corrected chi connectivity index (χ3v) is 5.42. The van der Waals surface area contributed by atoms with Crippen molar-refractivity contribution in [1.82, 2.24) is 20.3 Å². The van der Waals surface area contributed by atoms with Crippen LogP contribution >= 0.6 is 23.1 Å². The molecule has 1 aromatic carbocycles. The summed E-state index contributed by atoms with van der Waals surface area (Å²) < 4.78 is 10.8.